The highest BCUT2D eigenvalue weighted by Crippen LogP contribution is 2.29. The molecule has 0 fully saturated rings. The predicted molar refractivity (Wildman–Crippen MR) is 144 cm³/mol. The molecule has 0 aliphatic carbocycles. The fourth-order valence-electron chi connectivity index (χ4n) is 3.35. The molecule has 0 saturated carbocycles. The average molecular weight is 445 g/mol. The third-order valence-corrected chi connectivity index (χ3v) is 4.96. The van der Waals surface area contributed by atoms with Gasteiger partial charge < -0.3 is 4.74 Å². The lowest BCUT2D eigenvalue weighted by atomic mass is 9.94. The fraction of sp³-hybridized carbons (Fsp3) is 0.273. The lowest BCUT2D eigenvalue weighted by molar-refractivity contribution is 0.240. The SMILES string of the molecule is CCCC#Cc1cc(-c2cccc(C#CCOC)c2)cc(-c2cccc(C#CC(C)(C)C)c2)c1. The van der Waals surface area contributed by atoms with E-state index in [1.807, 2.05) is 12.1 Å². The molecule has 0 heterocycles. The van der Waals surface area contributed by atoms with E-state index in [9.17, 15) is 0 Å². The summed E-state index contributed by atoms with van der Waals surface area (Å²) in [6.07, 6.45) is 1.94. The molecular formula is C33H32O. The Hall–Kier alpha value is -3.70. The largest absolute Gasteiger partial charge is 0.372 e. The summed E-state index contributed by atoms with van der Waals surface area (Å²) in [5, 5.41) is 0. The lowest BCUT2D eigenvalue weighted by Crippen LogP contribution is -1.99. The zero-order valence-corrected chi connectivity index (χ0v) is 20.9. The molecule has 0 aromatic heterocycles. The smallest absolute Gasteiger partial charge is 0.107 e. The van der Waals surface area contributed by atoms with Crippen LogP contribution in [0.25, 0.3) is 22.3 Å². The van der Waals surface area contributed by atoms with Gasteiger partial charge in [-0.3, -0.25) is 0 Å². The zero-order valence-electron chi connectivity index (χ0n) is 20.9. The summed E-state index contributed by atoms with van der Waals surface area (Å²) in [5.41, 5.74) is 7.49. The number of hydrogen-bond donors (Lipinski definition) is 0. The molecule has 3 rings (SSSR count). The van der Waals surface area contributed by atoms with Crippen LogP contribution >= 0.6 is 0 Å². The van der Waals surface area contributed by atoms with Crippen LogP contribution in [0.2, 0.25) is 0 Å². The van der Waals surface area contributed by atoms with E-state index in [1.165, 1.54) is 0 Å². The Bertz CT molecular complexity index is 1320. The van der Waals surface area contributed by atoms with Gasteiger partial charge in [-0.15, -0.1) is 0 Å². The third kappa shape index (κ3) is 7.71. The van der Waals surface area contributed by atoms with Gasteiger partial charge in [0.2, 0.25) is 0 Å². The number of benzene rings is 3. The molecule has 0 radical (unpaired) electrons. The van der Waals surface area contributed by atoms with Crippen molar-refractivity contribution >= 4 is 0 Å². The molecule has 0 unspecified atom stereocenters. The molecule has 0 atom stereocenters. The van der Waals surface area contributed by atoms with Crippen molar-refractivity contribution in [1.82, 2.24) is 0 Å². The van der Waals surface area contributed by atoms with Gasteiger partial charge in [-0.1, -0.05) is 66.7 Å². The summed E-state index contributed by atoms with van der Waals surface area (Å²) in [6.45, 7) is 8.95. The second-order valence-corrected chi connectivity index (χ2v) is 9.25. The van der Waals surface area contributed by atoms with Crippen LogP contribution in [0.5, 0.6) is 0 Å². The number of hydrogen-bond acceptors (Lipinski definition) is 1. The third-order valence-electron chi connectivity index (χ3n) is 4.96. The molecule has 3 aromatic carbocycles. The lowest BCUT2D eigenvalue weighted by Gasteiger charge is -2.10. The standard InChI is InChI=1S/C33H32O/c1-6-7-8-12-28-23-31(29-16-9-13-26(21-29)15-11-20-34-5)25-32(24-28)30-17-10-14-27(22-30)18-19-33(2,3)4/h9-10,13-14,16-17,21-25H,6-7,20H2,1-5H3. The van der Waals surface area contributed by atoms with E-state index in [0.29, 0.717) is 6.61 Å². The Morgan fingerprint density at radius 1 is 0.676 bits per heavy atom. The normalized spacial score (nSPS) is 10.3. The number of methoxy groups -OCH3 is 1. The molecule has 0 amide bonds. The Labute approximate surface area is 205 Å². The molecule has 34 heavy (non-hydrogen) atoms. The Morgan fingerprint density at radius 2 is 1.24 bits per heavy atom. The highest BCUT2D eigenvalue weighted by atomic mass is 16.5. The minimum absolute atomic E-state index is 0.0326. The van der Waals surface area contributed by atoms with Gasteiger partial charge in [0.05, 0.1) is 0 Å². The first-order valence-corrected chi connectivity index (χ1v) is 11.7. The van der Waals surface area contributed by atoms with E-state index in [0.717, 1.165) is 51.8 Å². The van der Waals surface area contributed by atoms with Gasteiger partial charge in [0.1, 0.15) is 6.61 Å². The minimum Gasteiger partial charge on any atom is -0.372 e. The molecule has 0 bridgehead atoms. The van der Waals surface area contributed by atoms with Crippen LogP contribution < -0.4 is 0 Å². The van der Waals surface area contributed by atoms with E-state index in [-0.39, 0.29) is 5.41 Å². The first kappa shape index (κ1) is 24.9. The maximum atomic E-state index is 5.05. The quantitative estimate of drug-likeness (QED) is 0.377. The van der Waals surface area contributed by atoms with Crippen molar-refractivity contribution in [2.75, 3.05) is 13.7 Å². The van der Waals surface area contributed by atoms with Gasteiger partial charge in [-0.2, -0.15) is 0 Å². The summed E-state index contributed by atoms with van der Waals surface area (Å²) in [7, 11) is 1.65. The van der Waals surface area contributed by atoms with Crippen LogP contribution in [0, 0.1) is 40.9 Å². The van der Waals surface area contributed by atoms with Crippen molar-refractivity contribution in [2.24, 2.45) is 5.41 Å². The number of rotatable bonds is 4. The van der Waals surface area contributed by atoms with E-state index in [1.54, 1.807) is 7.11 Å². The van der Waals surface area contributed by atoms with Gasteiger partial charge in [-0.05, 0) is 91.9 Å². The van der Waals surface area contributed by atoms with Crippen LogP contribution in [0.15, 0.2) is 66.7 Å². The van der Waals surface area contributed by atoms with Gasteiger partial charge in [0.15, 0.2) is 0 Å². The summed E-state index contributed by atoms with van der Waals surface area (Å²) in [5.74, 6) is 19.5. The summed E-state index contributed by atoms with van der Waals surface area (Å²) < 4.78 is 5.05. The maximum Gasteiger partial charge on any atom is 0.107 e. The van der Waals surface area contributed by atoms with Crippen LogP contribution in [-0.4, -0.2) is 13.7 Å². The van der Waals surface area contributed by atoms with E-state index in [4.69, 9.17) is 4.74 Å². The van der Waals surface area contributed by atoms with E-state index in [2.05, 4.69) is 118 Å². The van der Waals surface area contributed by atoms with Crippen molar-refractivity contribution in [3.63, 3.8) is 0 Å². The van der Waals surface area contributed by atoms with Gasteiger partial charge in [-0.25, -0.2) is 0 Å². The maximum absolute atomic E-state index is 5.05. The fourth-order valence-corrected chi connectivity index (χ4v) is 3.35. The van der Waals surface area contributed by atoms with Crippen LogP contribution in [0.4, 0.5) is 0 Å². The minimum atomic E-state index is -0.0326. The van der Waals surface area contributed by atoms with Crippen molar-refractivity contribution in [3.8, 4) is 57.8 Å². The number of unbranched alkanes of at least 4 members (excludes halogenated alkanes) is 1. The molecule has 0 aliphatic rings. The van der Waals surface area contributed by atoms with E-state index < -0.39 is 0 Å². The summed E-state index contributed by atoms with van der Waals surface area (Å²) in [4.78, 5) is 0. The Balaban J connectivity index is 2.08. The molecule has 0 N–H and O–H groups in total. The van der Waals surface area contributed by atoms with Gasteiger partial charge in [0, 0.05) is 35.6 Å². The van der Waals surface area contributed by atoms with Crippen molar-refractivity contribution in [3.05, 3.63) is 83.4 Å². The molecule has 1 heteroatoms. The first-order chi connectivity index (χ1) is 16.4. The Morgan fingerprint density at radius 3 is 1.79 bits per heavy atom. The number of ether oxygens (including phenoxy) is 1. The molecule has 0 saturated heterocycles. The second-order valence-electron chi connectivity index (χ2n) is 9.25. The molecule has 3 aromatic rings. The van der Waals surface area contributed by atoms with Crippen LogP contribution in [0.1, 0.15) is 57.2 Å². The molecule has 170 valence electrons. The zero-order chi connectivity index (χ0) is 24.4. The molecule has 0 aliphatic heterocycles. The highest BCUT2D eigenvalue weighted by molar-refractivity contribution is 5.76. The Kier molecular flexibility index (Phi) is 8.77. The average Bonchev–Trinajstić information content (AvgIpc) is 2.83. The molecular weight excluding hydrogens is 412 g/mol. The van der Waals surface area contributed by atoms with Crippen LogP contribution in [-0.2, 0) is 4.74 Å². The summed E-state index contributed by atoms with van der Waals surface area (Å²) in [6, 6.07) is 23.3. The van der Waals surface area contributed by atoms with Crippen molar-refractivity contribution < 1.29 is 4.74 Å². The van der Waals surface area contributed by atoms with Crippen molar-refractivity contribution in [1.29, 1.82) is 0 Å². The topological polar surface area (TPSA) is 9.23 Å². The monoisotopic (exact) mass is 444 g/mol. The molecule has 1 nitrogen and oxygen atoms in total. The van der Waals surface area contributed by atoms with Gasteiger partial charge in [0.25, 0.3) is 0 Å². The highest BCUT2D eigenvalue weighted by Gasteiger charge is 2.07. The predicted octanol–water partition coefficient (Wildman–Crippen LogP) is 7.57. The second kappa shape index (κ2) is 12.0. The first-order valence-electron chi connectivity index (χ1n) is 11.7. The summed E-state index contributed by atoms with van der Waals surface area (Å²) >= 11 is 0. The van der Waals surface area contributed by atoms with Gasteiger partial charge >= 0.3 is 0 Å². The van der Waals surface area contributed by atoms with Crippen LogP contribution in [0.3, 0.4) is 0 Å². The molecule has 0 spiro atoms. The van der Waals surface area contributed by atoms with Crippen molar-refractivity contribution in [2.45, 2.75) is 40.5 Å². The van der Waals surface area contributed by atoms with E-state index >= 15 is 0 Å².